The third-order valence-corrected chi connectivity index (χ3v) is 5.91. The van der Waals surface area contributed by atoms with Crippen molar-refractivity contribution in [3.63, 3.8) is 0 Å². The summed E-state index contributed by atoms with van der Waals surface area (Å²) in [5.41, 5.74) is 0.293. The highest BCUT2D eigenvalue weighted by Gasteiger charge is 2.26. The van der Waals surface area contributed by atoms with E-state index in [9.17, 15) is 18.5 Å². The van der Waals surface area contributed by atoms with Crippen molar-refractivity contribution in [2.24, 2.45) is 0 Å². The Morgan fingerprint density at radius 3 is 2.62 bits per heavy atom. The largest absolute Gasteiger partial charge is 0.486 e. The molecule has 29 heavy (non-hydrogen) atoms. The highest BCUT2D eigenvalue weighted by molar-refractivity contribution is 9.10. The van der Waals surface area contributed by atoms with Gasteiger partial charge in [0.2, 0.25) is 0 Å². The number of sulfonamides is 1. The molecule has 8 nitrogen and oxygen atoms in total. The molecule has 3 aromatic rings. The molecule has 0 spiro atoms. The molecule has 0 fully saturated rings. The number of ether oxygens (including phenoxy) is 1. The van der Waals surface area contributed by atoms with E-state index >= 15 is 0 Å². The average molecular weight is 499 g/mol. The third kappa shape index (κ3) is 5.22. The van der Waals surface area contributed by atoms with Crippen LogP contribution in [0.4, 0.5) is 11.4 Å². The van der Waals surface area contributed by atoms with Crippen molar-refractivity contribution in [1.29, 1.82) is 0 Å². The molecule has 11 heteroatoms. The number of pyridine rings is 1. The Balaban J connectivity index is 1.80. The van der Waals surface area contributed by atoms with Crippen LogP contribution in [0.15, 0.2) is 70.2 Å². The third-order valence-electron chi connectivity index (χ3n) is 3.69. The number of hydrogen-bond donors (Lipinski definition) is 1. The zero-order valence-corrected chi connectivity index (χ0v) is 17.7. The number of nitro groups is 1. The topological polar surface area (TPSA) is 111 Å². The first-order valence-corrected chi connectivity index (χ1v) is 10.7. The van der Waals surface area contributed by atoms with Crippen LogP contribution in [0.1, 0.15) is 5.69 Å². The molecule has 0 unspecified atom stereocenters. The van der Waals surface area contributed by atoms with Crippen LogP contribution in [0.3, 0.4) is 0 Å². The summed E-state index contributed by atoms with van der Waals surface area (Å²) in [5.74, 6) is 0.342. The lowest BCUT2D eigenvalue weighted by Gasteiger charge is -2.12. The molecule has 0 radical (unpaired) electrons. The fourth-order valence-electron chi connectivity index (χ4n) is 2.39. The monoisotopic (exact) mass is 497 g/mol. The number of anilines is 1. The lowest BCUT2D eigenvalue weighted by atomic mass is 10.3. The maximum atomic E-state index is 12.6. The quantitative estimate of drug-likeness (QED) is 0.370. The Bertz CT molecular complexity index is 1160. The molecule has 0 amide bonds. The smallest absolute Gasteiger partial charge is 0.291 e. The SMILES string of the molecule is O=[N+]([O-])c1cc(Br)ccc1S(=O)(=O)Nc1ccc(OCc2ccccn2)c(Cl)c1. The van der Waals surface area contributed by atoms with Crippen LogP contribution < -0.4 is 9.46 Å². The van der Waals surface area contributed by atoms with Crippen molar-refractivity contribution < 1.29 is 18.1 Å². The van der Waals surface area contributed by atoms with Gasteiger partial charge < -0.3 is 4.74 Å². The number of halogens is 2. The van der Waals surface area contributed by atoms with Gasteiger partial charge in [-0.15, -0.1) is 0 Å². The highest BCUT2D eigenvalue weighted by atomic mass is 79.9. The fraction of sp³-hybridized carbons (Fsp3) is 0.0556. The molecule has 0 aliphatic rings. The summed E-state index contributed by atoms with van der Waals surface area (Å²) in [6.07, 6.45) is 1.64. The van der Waals surface area contributed by atoms with Gasteiger partial charge >= 0.3 is 0 Å². The van der Waals surface area contributed by atoms with Crippen molar-refractivity contribution in [2.75, 3.05) is 4.72 Å². The summed E-state index contributed by atoms with van der Waals surface area (Å²) < 4.78 is 33.5. The van der Waals surface area contributed by atoms with E-state index in [-0.39, 0.29) is 17.3 Å². The van der Waals surface area contributed by atoms with Crippen molar-refractivity contribution >= 4 is 48.9 Å². The van der Waals surface area contributed by atoms with Gasteiger partial charge in [-0.05, 0) is 42.5 Å². The summed E-state index contributed by atoms with van der Waals surface area (Å²) in [7, 11) is -4.21. The van der Waals surface area contributed by atoms with Crippen LogP contribution in [0, 0.1) is 10.1 Å². The molecule has 150 valence electrons. The van der Waals surface area contributed by atoms with Crippen molar-refractivity contribution in [1.82, 2.24) is 4.98 Å². The number of aromatic nitrogens is 1. The van der Waals surface area contributed by atoms with Gasteiger partial charge in [-0.3, -0.25) is 19.8 Å². The summed E-state index contributed by atoms with van der Waals surface area (Å²) in [5, 5.41) is 11.4. The van der Waals surface area contributed by atoms with Gasteiger partial charge in [0.15, 0.2) is 4.90 Å². The van der Waals surface area contributed by atoms with Gasteiger partial charge in [-0.25, -0.2) is 8.42 Å². The van der Waals surface area contributed by atoms with Gasteiger partial charge in [0.25, 0.3) is 15.7 Å². The van der Waals surface area contributed by atoms with Crippen molar-refractivity contribution in [2.45, 2.75) is 11.5 Å². The molecule has 1 aromatic heterocycles. The number of benzene rings is 2. The molecule has 0 bridgehead atoms. The van der Waals surface area contributed by atoms with Crippen LogP contribution in [0.25, 0.3) is 0 Å². The van der Waals surface area contributed by atoms with Crippen molar-refractivity contribution in [3.8, 4) is 5.75 Å². The standard InChI is InChI=1S/C18H13BrClN3O5S/c19-12-4-7-18(16(9-12)23(24)25)29(26,27)22-13-5-6-17(15(20)10-13)28-11-14-3-1-2-8-21-14/h1-10,22H,11H2. The minimum atomic E-state index is -4.21. The van der Waals surface area contributed by atoms with Gasteiger partial charge in [-0.2, -0.15) is 0 Å². The summed E-state index contributed by atoms with van der Waals surface area (Å²) in [6.45, 7) is 0.191. The van der Waals surface area contributed by atoms with E-state index < -0.39 is 25.5 Å². The van der Waals surface area contributed by atoms with Crippen LogP contribution in [0.5, 0.6) is 5.75 Å². The molecule has 0 saturated heterocycles. The Labute approximate surface area is 179 Å². The van der Waals surface area contributed by atoms with Gasteiger partial charge in [-0.1, -0.05) is 33.6 Å². The van der Waals surface area contributed by atoms with Gasteiger partial charge in [0, 0.05) is 16.7 Å². The van der Waals surface area contributed by atoms with E-state index in [1.807, 2.05) is 6.07 Å². The molecule has 1 N–H and O–H groups in total. The minimum Gasteiger partial charge on any atom is -0.486 e. The Morgan fingerprint density at radius 2 is 1.97 bits per heavy atom. The van der Waals surface area contributed by atoms with Crippen LogP contribution in [-0.4, -0.2) is 18.3 Å². The Kier molecular flexibility index (Phi) is 6.36. The number of hydrogen-bond acceptors (Lipinski definition) is 6. The van der Waals surface area contributed by atoms with Crippen LogP contribution in [-0.2, 0) is 16.6 Å². The second-order valence-corrected chi connectivity index (χ2v) is 8.70. The number of rotatable bonds is 7. The molecule has 0 saturated carbocycles. The van der Waals surface area contributed by atoms with Crippen molar-refractivity contribution in [3.05, 3.63) is 86.1 Å². The average Bonchev–Trinajstić information content (AvgIpc) is 2.67. The normalized spacial score (nSPS) is 11.1. The molecule has 3 rings (SSSR count). The lowest BCUT2D eigenvalue weighted by molar-refractivity contribution is -0.387. The van der Waals surface area contributed by atoms with E-state index in [2.05, 4.69) is 25.6 Å². The predicted molar refractivity (Wildman–Crippen MR) is 112 cm³/mol. The van der Waals surface area contributed by atoms with Gasteiger partial charge in [0.1, 0.15) is 12.4 Å². The zero-order valence-electron chi connectivity index (χ0n) is 14.6. The maximum absolute atomic E-state index is 12.6. The number of nitrogens with zero attached hydrogens (tertiary/aromatic N) is 2. The Morgan fingerprint density at radius 1 is 1.17 bits per heavy atom. The number of nitro benzene ring substituents is 1. The molecule has 2 aromatic carbocycles. The van der Waals surface area contributed by atoms with E-state index in [4.69, 9.17) is 16.3 Å². The fourth-order valence-corrected chi connectivity index (χ4v) is 4.17. The minimum absolute atomic E-state index is 0.136. The van der Waals surface area contributed by atoms with Crippen LogP contribution >= 0.6 is 27.5 Å². The Hall–Kier alpha value is -2.69. The molecule has 1 heterocycles. The van der Waals surface area contributed by atoms with E-state index in [1.54, 1.807) is 18.3 Å². The summed E-state index contributed by atoms with van der Waals surface area (Å²) >= 11 is 9.27. The van der Waals surface area contributed by atoms with Gasteiger partial charge in [0.05, 0.1) is 21.3 Å². The van der Waals surface area contributed by atoms with E-state index in [0.29, 0.717) is 15.9 Å². The molecule has 0 atom stereocenters. The molecular formula is C18H13BrClN3O5S. The van der Waals surface area contributed by atoms with Crippen LogP contribution in [0.2, 0.25) is 5.02 Å². The van der Waals surface area contributed by atoms with E-state index in [1.165, 1.54) is 24.3 Å². The predicted octanol–water partition coefficient (Wildman–Crippen LogP) is 4.79. The molecular weight excluding hydrogens is 486 g/mol. The zero-order chi connectivity index (χ0) is 21.0. The molecule has 0 aliphatic carbocycles. The first-order valence-electron chi connectivity index (χ1n) is 8.05. The first-order chi connectivity index (χ1) is 13.8. The summed E-state index contributed by atoms with van der Waals surface area (Å²) in [6, 6.07) is 13.4. The second-order valence-electron chi connectivity index (χ2n) is 5.73. The maximum Gasteiger partial charge on any atom is 0.291 e. The highest BCUT2D eigenvalue weighted by Crippen LogP contribution is 2.32. The second kappa shape index (κ2) is 8.76. The van der Waals surface area contributed by atoms with E-state index in [0.717, 1.165) is 12.1 Å². The molecule has 0 aliphatic heterocycles. The first kappa shape index (κ1) is 21.0. The summed E-state index contributed by atoms with van der Waals surface area (Å²) in [4.78, 5) is 14.1. The number of nitrogens with one attached hydrogen (secondary N) is 1. The lowest BCUT2D eigenvalue weighted by Crippen LogP contribution is -2.14.